The number of thioether (sulfide) groups is 3. The van der Waals surface area contributed by atoms with Crippen LogP contribution in [0.4, 0.5) is 66.7 Å². The molecule has 5 aromatic heterocycles. The summed E-state index contributed by atoms with van der Waals surface area (Å²) in [4.78, 5) is 19.6. The molecule has 0 bridgehead atoms. The van der Waals surface area contributed by atoms with Gasteiger partial charge < -0.3 is 61.9 Å². The average Bonchev–Trinajstić information content (AvgIpc) is 1.65. The second-order valence-corrected chi connectivity index (χ2v) is 44.1. The quantitative estimate of drug-likeness (QED) is 0.0258. The molecule has 36 heteroatoms. The summed E-state index contributed by atoms with van der Waals surface area (Å²) in [7, 11) is 8.33. The van der Waals surface area contributed by atoms with Crippen molar-refractivity contribution >= 4 is 82.8 Å². The van der Waals surface area contributed by atoms with E-state index in [-0.39, 0.29) is 30.6 Å². The highest BCUT2D eigenvalue weighted by Crippen LogP contribution is 2.46. The van der Waals surface area contributed by atoms with Crippen molar-refractivity contribution in [1.29, 1.82) is 0 Å². The van der Waals surface area contributed by atoms with Gasteiger partial charge in [-0.15, -0.1) is 65.6 Å². The van der Waals surface area contributed by atoms with Gasteiger partial charge in [0.2, 0.25) is 0 Å². The topological polar surface area (TPSA) is 162 Å². The minimum atomic E-state index is -4.28. The molecule has 138 heavy (non-hydrogen) atoms. The largest absolute Gasteiger partial charge is 0.461 e. The zero-order valence-electron chi connectivity index (χ0n) is 81.1. The van der Waals surface area contributed by atoms with Gasteiger partial charge in [-0.25, -0.2) is 4.39 Å². The molecule has 11 aliphatic rings. The van der Waals surface area contributed by atoms with Crippen molar-refractivity contribution in [2.75, 3.05) is 142 Å². The van der Waals surface area contributed by atoms with E-state index in [1.54, 1.807) is 90.1 Å². The van der Waals surface area contributed by atoms with Crippen LogP contribution in [0, 0.1) is 54.2 Å². The molecule has 0 amide bonds. The third-order valence-electron chi connectivity index (χ3n) is 31.7. The van der Waals surface area contributed by atoms with Gasteiger partial charge in [-0.3, -0.25) is 0 Å². The number of fused-ring (bicyclic) bond motifs is 4. The van der Waals surface area contributed by atoms with Crippen molar-refractivity contribution in [2.45, 2.75) is 245 Å². The first-order valence-electron chi connectivity index (χ1n) is 50.2. The van der Waals surface area contributed by atoms with Crippen LogP contribution in [-0.4, -0.2) is 225 Å². The second-order valence-electron chi connectivity index (χ2n) is 41.0. The number of halogens is 12. The van der Waals surface area contributed by atoms with Gasteiger partial charge in [-0.05, 0) is 280 Å². The fourth-order valence-electron chi connectivity index (χ4n) is 23.7. The predicted molar refractivity (Wildman–Crippen MR) is 534 cm³/mol. The summed E-state index contributed by atoms with van der Waals surface area (Å²) in [5.74, 6) is 15.6. The van der Waals surface area contributed by atoms with Crippen LogP contribution in [0.2, 0.25) is 0 Å². The number of anilines is 4. The molecule has 8 atom stereocenters. The molecule has 9 aromatic rings. The van der Waals surface area contributed by atoms with E-state index in [0.29, 0.717) is 59.7 Å². The molecule has 4 aromatic carbocycles. The van der Waals surface area contributed by atoms with Crippen molar-refractivity contribution in [3.63, 3.8) is 0 Å². The molecule has 756 valence electrons. The molecule has 3 saturated carbocycles. The monoisotopic (exact) mass is 2020 g/mol. The maximum Gasteiger partial charge on any atom is 0.416 e. The van der Waals surface area contributed by atoms with E-state index in [1.807, 2.05) is 36.7 Å². The molecular weight excluding hydrogens is 1880 g/mol. The third kappa shape index (κ3) is 25.5. The van der Waals surface area contributed by atoms with Gasteiger partial charge >= 0.3 is 18.5 Å². The highest BCUT2D eigenvalue weighted by Gasteiger charge is 2.47. The van der Waals surface area contributed by atoms with Gasteiger partial charge in [0.25, 0.3) is 0 Å². The number of aryl methyl sites for hydroxylation is 2. The first-order valence-corrected chi connectivity index (χ1v) is 53.2. The number of alkyl halides is 9. The molecule has 0 N–H and O–H groups in total. The number of unbranched alkanes of at least 4 members (excludes halogenated alkanes) is 1. The summed E-state index contributed by atoms with van der Waals surface area (Å²) in [5.41, 5.74) is 3.23. The number of likely N-dealkylation sites (tertiary alicyclic amines) is 4. The lowest BCUT2D eigenvalue weighted by molar-refractivity contribution is -0.138. The molecule has 13 heterocycles. The maximum atomic E-state index is 13.3. The third-order valence-corrected chi connectivity index (χ3v) is 35.0. The summed E-state index contributed by atoms with van der Waals surface area (Å²) < 4.78 is 144. The molecule has 8 saturated heterocycles. The fourth-order valence-corrected chi connectivity index (χ4v) is 26.2. The van der Waals surface area contributed by atoms with Crippen molar-refractivity contribution in [1.82, 2.24) is 78.7 Å². The summed E-state index contributed by atoms with van der Waals surface area (Å²) in [6, 6.07) is 27.7. The first-order chi connectivity index (χ1) is 65.5. The molecule has 20 rings (SSSR count). The van der Waals surface area contributed by atoms with E-state index >= 15 is 0 Å². The summed E-state index contributed by atoms with van der Waals surface area (Å²) in [6.45, 7) is 25.7. The van der Waals surface area contributed by atoms with E-state index in [1.165, 1.54) is 126 Å². The van der Waals surface area contributed by atoms with Crippen molar-refractivity contribution in [2.24, 2.45) is 69.6 Å². The Balaban J connectivity index is 0.000000139. The van der Waals surface area contributed by atoms with E-state index in [2.05, 4.69) is 136 Å². The van der Waals surface area contributed by atoms with Gasteiger partial charge in [0.05, 0.1) is 23.0 Å². The van der Waals surface area contributed by atoms with Crippen molar-refractivity contribution < 1.29 is 48.3 Å². The molecule has 0 radical (unpaired) electrons. The average molecular weight is 2020 g/mol. The normalized spacial score (nSPS) is 25.7. The van der Waals surface area contributed by atoms with Crippen molar-refractivity contribution in [3.8, 4) is 11.6 Å². The van der Waals surface area contributed by atoms with Crippen LogP contribution in [0.15, 0.2) is 129 Å². The minimum absolute atomic E-state index is 0. The maximum absolute atomic E-state index is 13.3. The Kier molecular flexibility index (Phi) is 35.8. The molecular formula is C102H140Cl2F10N20OS3. The van der Waals surface area contributed by atoms with Gasteiger partial charge in [0.1, 0.15) is 29.1 Å². The van der Waals surface area contributed by atoms with E-state index < -0.39 is 35.2 Å². The molecule has 8 aliphatic heterocycles. The first kappa shape index (κ1) is 105. The van der Waals surface area contributed by atoms with Crippen LogP contribution < -0.4 is 19.6 Å². The highest BCUT2D eigenvalue weighted by atomic mass is 35.5. The van der Waals surface area contributed by atoms with Crippen LogP contribution in [0.5, 0.6) is 0 Å². The second kappa shape index (κ2) is 47.0. The van der Waals surface area contributed by atoms with Crippen LogP contribution in [0.1, 0.15) is 219 Å². The SMILES string of the molecule is CC1CCC(c2nnc(SCCCN3CC4CCN(c5ccc(C(F)(F)F)cc5)C4C3)n2C)CC1.CC1CCC(c2nnc(SCCCN3C[C@@H]4CCN(c5ccc(C(F)(F)F)cc5)[C@@H]4C3)n2C)CC1.CC1CCC(c2nnc(SCCCN3C[C@H]4CCN(c5ccc(C(F)(F)F)cc5)[C@H]4C3)n2C)CC1.Cc1ccoc1-c1nnc(CCCCN2CC3CCN(c4ccc(F)cc4)C3C2)n1C.Cl.Cl. The Labute approximate surface area is 832 Å². The number of nitrogens with zero attached hydrogens (tertiary/aromatic N) is 20. The van der Waals surface area contributed by atoms with Crippen molar-refractivity contribution in [3.05, 3.63) is 161 Å². The summed E-state index contributed by atoms with van der Waals surface area (Å²) >= 11 is 5.39. The predicted octanol–water partition coefficient (Wildman–Crippen LogP) is 22.4. The molecule has 21 nitrogen and oxygen atoms in total. The Morgan fingerprint density at radius 2 is 0.638 bits per heavy atom. The molecule has 4 unspecified atom stereocenters. The smallest absolute Gasteiger partial charge is 0.416 e. The van der Waals surface area contributed by atoms with Gasteiger partial charge in [-0.1, -0.05) is 94.6 Å². The van der Waals surface area contributed by atoms with E-state index in [9.17, 15) is 43.9 Å². The standard InChI is InChI=1S/3C26H36F3N5S.C24H30FN5O.2ClH/c3*1-18-4-6-19(7-5-18)24-30-31-25(32(24)2)35-15-3-13-33-16-20-12-14-34(23(20)17-33)22-10-8-21(9-11-22)26(27,28)29;1-17-11-14-31-23(17)24-27-26-22(28(24)2)5-3-4-12-29-15-18-10-13-30(21(18)16-29)20-8-6-19(25)7-9-20;;/h3*8-11,18-20,23H,3-7,12-17H2,1-2H3;6-9,11,14,18,21H,3-5,10,12-13,15-16H2,1-2H3;2*1H/t2*18?,19?,20-,23+;;;;/m10..../s1. The van der Waals surface area contributed by atoms with E-state index in [4.69, 9.17) is 4.42 Å². The Morgan fingerprint density at radius 3 is 0.928 bits per heavy atom. The molecule has 0 spiro atoms. The minimum Gasteiger partial charge on any atom is -0.461 e. The van der Waals surface area contributed by atoms with Crippen LogP contribution in [0.25, 0.3) is 11.6 Å². The number of aromatic nitrogens is 12. The fraction of sp³-hybridized carbons (Fsp3) is 0.647. The number of hydrogen-bond acceptors (Lipinski definition) is 20. The number of hydrogen-bond donors (Lipinski definition) is 0. The van der Waals surface area contributed by atoms with E-state index in [0.717, 1.165) is 276 Å². The number of benzene rings is 4. The zero-order chi connectivity index (χ0) is 95.1. The van der Waals surface area contributed by atoms with Crippen LogP contribution >= 0.6 is 60.1 Å². The Bertz CT molecular complexity index is 4910. The lowest BCUT2D eigenvalue weighted by atomic mass is 9.82. The molecule has 3 aliphatic carbocycles. The van der Waals surface area contributed by atoms with Crippen LogP contribution in [0.3, 0.4) is 0 Å². The Hall–Kier alpha value is -7.31. The van der Waals surface area contributed by atoms with Gasteiger partial charge in [0, 0.05) is 195 Å². The van der Waals surface area contributed by atoms with Gasteiger partial charge in [-0.2, -0.15) is 39.5 Å². The number of furan rings is 1. The van der Waals surface area contributed by atoms with Crippen LogP contribution in [-0.2, 0) is 53.1 Å². The number of rotatable bonds is 28. The Morgan fingerprint density at radius 1 is 0.341 bits per heavy atom. The lowest BCUT2D eigenvalue weighted by Crippen LogP contribution is -2.35. The highest BCUT2D eigenvalue weighted by molar-refractivity contribution is 7.99. The zero-order valence-corrected chi connectivity index (χ0v) is 85.2. The van der Waals surface area contributed by atoms with Gasteiger partial charge in [0.15, 0.2) is 27.1 Å². The molecule has 11 fully saturated rings. The summed E-state index contributed by atoms with van der Waals surface area (Å²) in [6.07, 6.45) is 14.9. The lowest BCUT2D eigenvalue weighted by Gasteiger charge is -2.27. The summed E-state index contributed by atoms with van der Waals surface area (Å²) in [5, 5.41) is 38.8.